The summed E-state index contributed by atoms with van der Waals surface area (Å²) in [6.07, 6.45) is 6.70. The van der Waals surface area contributed by atoms with Crippen LogP contribution in [0, 0.1) is 17.8 Å². The molecule has 1 aromatic carbocycles. The van der Waals surface area contributed by atoms with Crippen LogP contribution in [0.3, 0.4) is 0 Å². The summed E-state index contributed by atoms with van der Waals surface area (Å²) >= 11 is 0. The van der Waals surface area contributed by atoms with Crippen LogP contribution in [0.5, 0.6) is 11.5 Å². The van der Waals surface area contributed by atoms with Crippen molar-refractivity contribution in [1.82, 2.24) is 4.90 Å². The highest BCUT2D eigenvalue weighted by Gasteiger charge is 2.60. The lowest BCUT2D eigenvalue weighted by molar-refractivity contribution is -0.135. The van der Waals surface area contributed by atoms with Crippen LogP contribution in [0.4, 0.5) is 0 Å². The average molecular weight is 370 g/mol. The number of ketones is 1. The number of carbonyl (C=O) groups is 1. The molecule has 2 bridgehead atoms. The second-order valence-electron chi connectivity index (χ2n) is 9.17. The molecule has 0 spiro atoms. The molecule has 4 heteroatoms. The van der Waals surface area contributed by atoms with Gasteiger partial charge in [0.2, 0.25) is 0 Å². The first-order valence-corrected chi connectivity index (χ1v) is 10.6. The second kappa shape index (κ2) is 6.23. The maximum absolute atomic E-state index is 12.9. The molecule has 1 aliphatic heterocycles. The van der Waals surface area contributed by atoms with E-state index in [-0.39, 0.29) is 11.3 Å². The van der Waals surface area contributed by atoms with Crippen molar-refractivity contribution in [2.45, 2.75) is 56.9 Å². The Hall–Kier alpha value is -1.55. The smallest absolute Gasteiger partial charge is 0.164 e. The first-order valence-electron chi connectivity index (χ1n) is 10.6. The Kier molecular flexibility index (Phi) is 4.05. The van der Waals surface area contributed by atoms with Crippen LogP contribution in [0.25, 0.3) is 0 Å². The monoisotopic (exact) mass is 369 g/mol. The number of piperidine rings is 1. The quantitative estimate of drug-likeness (QED) is 0.813. The van der Waals surface area contributed by atoms with Gasteiger partial charge in [-0.25, -0.2) is 0 Å². The summed E-state index contributed by atoms with van der Waals surface area (Å²) in [7, 11) is 3.45. The van der Waals surface area contributed by atoms with Crippen molar-refractivity contribution in [1.29, 1.82) is 0 Å². The predicted molar refractivity (Wildman–Crippen MR) is 105 cm³/mol. The molecule has 146 valence electrons. The number of fused-ring (bicyclic) bond motifs is 1. The highest BCUT2D eigenvalue weighted by molar-refractivity contribution is 5.84. The number of rotatable bonds is 4. The van der Waals surface area contributed by atoms with E-state index < -0.39 is 0 Å². The largest absolute Gasteiger partial charge is 0.493 e. The predicted octanol–water partition coefficient (Wildman–Crippen LogP) is 3.60. The van der Waals surface area contributed by atoms with E-state index in [9.17, 15) is 4.79 Å². The van der Waals surface area contributed by atoms with Crippen LogP contribution in [-0.2, 0) is 16.6 Å². The summed E-state index contributed by atoms with van der Waals surface area (Å²) in [5.41, 5.74) is 2.57. The Balaban J connectivity index is 1.68. The van der Waals surface area contributed by atoms with Crippen molar-refractivity contribution in [3.8, 4) is 11.5 Å². The highest BCUT2D eigenvalue weighted by atomic mass is 16.5. The van der Waals surface area contributed by atoms with Gasteiger partial charge in [0.25, 0.3) is 0 Å². The van der Waals surface area contributed by atoms with E-state index in [1.165, 1.54) is 30.5 Å². The number of hydrogen-bond acceptors (Lipinski definition) is 4. The molecule has 4 aliphatic rings. The SMILES string of the molecule is COc1ccc2c(c1OC)[C@]13CCN(CC4CC4)[C@H](C2)[C@@H]1CCC(=O)C3C. The third kappa shape index (κ3) is 2.41. The number of Topliss-reactive ketones (excluding diaryl/α,β-unsaturated/α-hetero) is 1. The zero-order valence-corrected chi connectivity index (χ0v) is 16.8. The maximum atomic E-state index is 12.9. The lowest BCUT2D eigenvalue weighted by Gasteiger charge is -2.61. The topological polar surface area (TPSA) is 38.8 Å². The minimum Gasteiger partial charge on any atom is -0.493 e. The fraction of sp³-hybridized carbons (Fsp3) is 0.696. The fourth-order valence-electron chi connectivity index (χ4n) is 6.60. The van der Waals surface area contributed by atoms with Gasteiger partial charge in [-0.15, -0.1) is 0 Å². The Labute approximate surface area is 162 Å². The first kappa shape index (κ1) is 17.5. The summed E-state index contributed by atoms with van der Waals surface area (Å²) in [4.78, 5) is 15.7. The standard InChI is InChI=1S/C23H31NO3/c1-14-19(25)8-7-17-18-12-16-6-9-20(26-2)22(27-3)21(16)23(14,17)10-11-24(18)13-15-4-5-15/h6,9,14-15,17-18H,4-5,7-8,10-13H2,1-3H3/t14?,17-,18+,23-/m0/s1. The molecular formula is C23H31NO3. The van der Waals surface area contributed by atoms with Crippen molar-refractivity contribution in [3.05, 3.63) is 23.3 Å². The van der Waals surface area contributed by atoms with Gasteiger partial charge in [-0.1, -0.05) is 13.0 Å². The zero-order valence-electron chi connectivity index (χ0n) is 16.8. The number of methoxy groups -OCH3 is 2. The third-order valence-electron chi connectivity index (χ3n) is 8.08. The van der Waals surface area contributed by atoms with Gasteiger partial charge in [-0.3, -0.25) is 9.69 Å². The van der Waals surface area contributed by atoms with E-state index >= 15 is 0 Å². The number of benzene rings is 1. The van der Waals surface area contributed by atoms with Crippen molar-refractivity contribution in [3.63, 3.8) is 0 Å². The number of nitrogens with zero attached hydrogens (tertiary/aromatic N) is 1. The van der Waals surface area contributed by atoms with E-state index in [4.69, 9.17) is 9.47 Å². The van der Waals surface area contributed by atoms with E-state index in [2.05, 4.69) is 17.9 Å². The first-order chi connectivity index (χ1) is 13.1. The van der Waals surface area contributed by atoms with Gasteiger partial charge < -0.3 is 9.47 Å². The van der Waals surface area contributed by atoms with Crippen LogP contribution in [0.1, 0.15) is 50.2 Å². The van der Waals surface area contributed by atoms with Crippen LogP contribution in [-0.4, -0.2) is 44.0 Å². The Morgan fingerprint density at radius 3 is 2.70 bits per heavy atom. The van der Waals surface area contributed by atoms with Crippen LogP contribution >= 0.6 is 0 Å². The van der Waals surface area contributed by atoms with Crippen molar-refractivity contribution in [2.75, 3.05) is 27.3 Å². The molecule has 5 rings (SSSR count). The Morgan fingerprint density at radius 2 is 2.00 bits per heavy atom. The zero-order chi connectivity index (χ0) is 18.8. The van der Waals surface area contributed by atoms with Crippen LogP contribution in [0.2, 0.25) is 0 Å². The molecule has 2 saturated carbocycles. The summed E-state index contributed by atoms with van der Waals surface area (Å²) in [6.45, 7) is 4.54. The number of ether oxygens (including phenoxy) is 2. The second-order valence-corrected chi connectivity index (χ2v) is 9.17. The molecular weight excluding hydrogens is 338 g/mol. The van der Waals surface area contributed by atoms with E-state index in [0.29, 0.717) is 17.7 Å². The molecule has 1 aromatic rings. The maximum Gasteiger partial charge on any atom is 0.164 e. The minimum absolute atomic E-state index is 0.0573. The van der Waals surface area contributed by atoms with Gasteiger partial charge in [0.1, 0.15) is 5.78 Å². The number of hydrogen-bond donors (Lipinski definition) is 0. The van der Waals surface area contributed by atoms with Crippen LogP contribution in [0.15, 0.2) is 12.1 Å². The molecule has 1 saturated heterocycles. The van der Waals surface area contributed by atoms with Gasteiger partial charge in [-0.2, -0.15) is 0 Å². The number of likely N-dealkylation sites (tertiary alicyclic amines) is 1. The number of carbonyl (C=O) groups excluding carboxylic acids is 1. The summed E-state index contributed by atoms with van der Waals surface area (Å²) < 4.78 is 11.5. The summed E-state index contributed by atoms with van der Waals surface area (Å²) in [5.74, 6) is 3.61. The molecule has 0 aromatic heterocycles. The average Bonchev–Trinajstić information content (AvgIpc) is 3.50. The lowest BCUT2D eigenvalue weighted by Crippen LogP contribution is -2.65. The lowest BCUT2D eigenvalue weighted by atomic mass is 9.48. The van der Waals surface area contributed by atoms with Gasteiger partial charge in [-0.05, 0) is 62.1 Å². The van der Waals surface area contributed by atoms with Gasteiger partial charge in [0.05, 0.1) is 14.2 Å². The molecule has 3 fully saturated rings. The molecule has 1 heterocycles. The summed E-state index contributed by atoms with van der Waals surface area (Å²) in [5, 5.41) is 0. The molecule has 3 aliphatic carbocycles. The normalized spacial score (nSPS) is 35.4. The summed E-state index contributed by atoms with van der Waals surface area (Å²) in [6, 6.07) is 4.85. The van der Waals surface area contributed by atoms with E-state index in [0.717, 1.165) is 49.6 Å². The molecule has 4 nitrogen and oxygen atoms in total. The minimum atomic E-state index is -0.0898. The fourth-order valence-corrected chi connectivity index (χ4v) is 6.60. The Morgan fingerprint density at radius 1 is 1.19 bits per heavy atom. The van der Waals surface area contributed by atoms with Crippen LogP contribution < -0.4 is 9.47 Å². The van der Waals surface area contributed by atoms with E-state index in [1.54, 1.807) is 14.2 Å². The molecule has 27 heavy (non-hydrogen) atoms. The highest BCUT2D eigenvalue weighted by Crippen LogP contribution is 2.60. The van der Waals surface area contributed by atoms with Crippen molar-refractivity contribution < 1.29 is 14.3 Å². The van der Waals surface area contributed by atoms with Gasteiger partial charge >= 0.3 is 0 Å². The molecule has 1 unspecified atom stereocenters. The molecule has 4 atom stereocenters. The molecule has 0 amide bonds. The Bertz CT molecular complexity index is 771. The molecule has 0 N–H and O–H groups in total. The van der Waals surface area contributed by atoms with Gasteiger partial charge in [0.15, 0.2) is 11.5 Å². The van der Waals surface area contributed by atoms with Crippen molar-refractivity contribution in [2.24, 2.45) is 17.8 Å². The third-order valence-corrected chi connectivity index (χ3v) is 8.08. The van der Waals surface area contributed by atoms with Gasteiger partial charge in [0, 0.05) is 35.9 Å². The molecule has 0 radical (unpaired) electrons. The van der Waals surface area contributed by atoms with Crippen molar-refractivity contribution >= 4 is 5.78 Å². The van der Waals surface area contributed by atoms with E-state index in [1.807, 2.05) is 6.07 Å².